The lowest BCUT2D eigenvalue weighted by Crippen LogP contribution is -2.15. The number of hydrogen-bond acceptors (Lipinski definition) is 6. The average Bonchev–Trinajstić information content (AvgIpc) is 3.27. The van der Waals surface area contributed by atoms with E-state index in [-0.39, 0.29) is 0 Å². The lowest BCUT2D eigenvalue weighted by Gasteiger charge is -2.24. The Morgan fingerprint density at radius 1 is 1.23 bits per heavy atom. The first kappa shape index (κ1) is 17.7. The Balaban J connectivity index is 1.47. The fourth-order valence-corrected chi connectivity index (χ4v) is 4.68. The highest BCUT2D eigenvalue weighted by Gasteiger charge is 2.22. The molecule has 1 saturated carbocycles. The van der Waals surface area contributed by atoms with Gasteiger partial charge in [-0.3, -0.25) is 0 Å². The number of hydrogen-bond donors (Lipinski definition) is 0. The molecule has 0 atom stereocenters. The highest BCUT2D eigenvalue weighted by atomic mass is 79.9. The van der Waals surface area contributed by atoms with E-state index in [0.29, 0.717) is 23.5 Å². The minimum atomic E-state index is 0.515. The van der Waals surface area contributed by atoms with E-state index in [4.69, 9.17) is 4.52 Å². The second kappa shape index (κ2) is 7.92. The van der Waals surface area contributed by atoms with Crippen LogP contribution in [0.3, 0.4) is 0 Å². The number of benzene rings is 1. The summed E-state index contributed by atoms with van der Waals surface area (Å²) in [6, 6.07) is 8.39. The SMILES string of the molecule is Cc1nnc(SCc2nc(-c3cccc(Br)c3)no2)n1C1CCCCC1. The van der Waals surface area contributed by atoms with Crippen LogP contribution >= 0.6 is 27.7 Å². The van der Waals surface area contributed by atoms with E-state index in [2.05, 4.69) is 40.8 Å². The maximum atomic E-state index is 5.42. The van der Waals surface area contributed by atoms with E-state index in [9.17, 15) is 0 Å². The molecule has 0 radical (unpaired) electrons. The van der Waals surface area contributed by atoms with Gasteiger partial charge >= 0.3 is 0 Å². The predicted molar refractivity (Wildman–Crippen MR) is 104 cm³/mol. The summed E-state index contributed by atoms with van der Waals surface area (Å²) in [5.74, 6) is 2.78. The van der Waals surface area contributed by atoms with Crippen LogP contribution in [0.4, 0.5) is 0 Å². The summed E-state index contributed by atoms with van der Waals surface area (Å²) in [6.07, 6.45) is 6.32. The molecule has 1 aliphatic carbocycles. The summed E-state index contributed by atoms with van der Waals surface area (Å²) >= 11 is 5.08. The number of aryl methyl sites for hydroxylation is 1. The van der Waals surface area contributed by atoms with Crippen molar-refractivity contribution in [2.45, 2.75) is 56.0 Å². The first-order valence-corrected chi connectivity index (χ1v) is 10.6. The quantitative estimate of drug-likeness (QED) is 0.515. The van der Waals surface area contributed by atoms with Gasteiger partial charge in [-0.15, -0.1) is 10.2 Å². The molecule has 2 aromatic heterocycles. The van der Waals surface area contributed by atoms with Crippen molar-refractivity contribution in [1.29, 1.82) is 0 Å². The average molecular weight is 434 g/mol. The smallest absolute Gasteiger partial charge is 0.237 e. The van der Waals surface area contributed by atoms with Crippen molar-refractivity contribution in [1.82, 2.24) is 24.9 Å². The summed E-state index contributed by atoms with van der Waals surface area (Å²) < 4.78 is 8.70. The zero-order chi connectivity index (χ0) is 17.9. The minimum absolute atomic E-state index is 0.515. The summed E-state index contributed by atoms with van der Waals surface area (Å²) in [5, 5.41) is 13.7. The van der Waals surface area contributed by atoms with E-state index < -0.39 is 0 Å². The lowest BCUT2D eigenvalue weighted by molar-refractivity contribution is 0.331. The second-order valence-corrected chi connectivity index (χ2v) is 8.36. The van der Waals surface area contributed by atoms with Crippen LogP contribution in [0.25, 0.3) is 11.4 Å². The highest BCUT2D eigenvalue weighted by molar-refractivity contribution is 9.10. The van der Waals surface area contributed by atoms with E-state index in [1.807, 2.05) is 31.2 Å². The number of rotatable bonds is 5. The standard InChI is InChI=1S/C18H20BrN5OS/c1-12-21-22-18(24(12)15-8-3-2-4-9-15)26-11-16-20-17(23-25-16)13-6-5-7-14(19)10-13/h5-7,10,15H,2-4,8-9,11H2,1H3. The minimum Gasteiger partial charge on any atom is -0.338 e. The van der Waals surface area contributed by atoms with Crippen LogP contribution in [-0.2, 0) is 5.75 Å². The molecule has 0 spiro atoms. The van der Waals surface area contributed by atoms with Gasteiger partial charge in [0.05, 0.1) is 5.75 Å². The molecule has 3 aromatic rings. The molecule has 1 fully saturated rings. The third-order valence-electron chi connectivity index (χ3n) is 4.65. The van der Waals surface area contributed by atoms with Crippen molar-refractivity contribution in [3.05, 3.63) is 40.5 Å². The Hall–Kier alpha value is -1.67. The first-order valence-electron chi connectivity index (χ1n) is 8.83. The molecule has 136 valence electrons. The van der Waals surface area contributed by atoms with E-state index in [1.54, 1.807) is 11.8 Å². The van der Waals surface area contributed by atoms with Gasteiger partial charge in [0, 0.05) is 16.1 Å². The van der Waals surface area contributed by atoms with Crippen LogP contribution in [0, 0.1) is 6.92 Å². The Bertz CT molecular complexity index is 887. The van der Waals surface area contributed by atoms with Crippen LogP contribution in [0.2, 0.25) is 0 Å². The van der Waals surface area contributed by atoms with Crippen LogP contribution < -0.4 is 0 Å². The molecule has 6 nitrogen and oxygen atoms in total. The Labute approximate surface area is 164 Å². The predicted octanol–water partition coefficient (Wildman–Crippen LogP) is 5.20. The molecule has 1 aliphatic rings. The Morgan fingerprint density at radius 3 is 2.88 bits per heavy atom. The fraction of sp³-hybridized carbons (Fsp3) is 0.444. The summed E-state index contributed by atoms with van der Waals surface area (Å²) in [4.78, 5) is 4.51. The van der Waals surface area contributed by atoms with E-state index in [1.165, 1.54) is 32.1 Å². The molecule has 8 heteroatoms. The molecular formula is C18H20BrN5OS. The van der Waals surface area contributed by atoms with Gasteiger partial charge in [0.25, 0.3) is 0 Å². The molecule has 0 amide bonds. The molecule has 0 N–H and O–H groups in total. The van der Waals surface area contributed by atoms with Crippen LogP contribution in [0.5, 0.6) is 0 Å². The van der Waals surface area contributed by atoms with Gasteiger partial charge in [0.2, 0.25) is 11.7 Å². The van der Waals surface area contributed by atoms with E-state index >= 15 is 0 Å². The molecule has 1 aromatic carbocycles. The monoisotopic (exact) mass is 433 g/mol. The molecule has 0 bridgehead atoms. The second-order valence-electron chi connectivity index (χ2n) is 6.50. The fourth-order valence-electron chi connectivity index (χ4n) is 3.39. The zero-order valence-corrected chi connectivity index (χ0v) is 17.0. The molecular weight excluding hydrogens is 414 g/mol. The van der Waals surface area contributed by atoms with Crippen molar-refractivity contribution in [2.75, 3.05) is 0 Å². The molecule has 26 heavy (non-hydrogen) atoms. The maximum absolute atomic E-state index is 5.42. The molecule has 4 rings (SSSR count). The van der Waals surface area contributed by atoms with Gasteiger partial charge < -0.3 is 9.09 Å². The maximum Gasteiger partial charge on any atom is 0.237 e. The number of thioether (sulfide) groups is 1. The molecule has 0 unspecified atom stereocenters. The van der Waals surface area contributed by atoms with Crippen LogP contribution in [-0.4, -0.2) is 24.9 Å². The largest absolute Gasteiger partial charge is 0.338 e. The highest BCUT2D eigenvalue weighted by Crippen LogP contribution is 2.33. The Kier molecular flexibility index (Phi) is 5.40. The molecule has 0 saturated heterocycles. The van der Waals surface area contributed by atoms with Crippen LogP contribution in [0.1, 0.15) is 49.9 Å². The van der Waals surface area contributed by atoms with Gasteiger partial charge in [-0.05, 0) is 31.9 Å². The topological polar surface area (TPSA) is 69.6 Å². The number of aromatic nitrogens is 5. The third kappa shape index (κ3) is 3.86. The first-order chi connectivity index (χ1) is 12.7. The summed E-state index contributed by atoms with van der Waals surface area (Å²) in [5.41, 5.74) is 0.931. The lowest BCUT2D eigenvalue weighted by atomic mass is 9.95. The van der Waals surface area contributed by atoms with Gasteiger partial charge in [-0.25, -0.2) is 0 Å². The Morgan fingerprint density at radius 2 is 2.08 bits per heavy atom. The van der Waals surface area contributed by atoms with Crippen molar-refractivity contribution >= 4 is 27.7 Å². The van der Waals surface area contributed by atoms with E-state index in [0.717, 1.165) is 21.0 Å². The van der Waals surface area contributed by atoms with Gasteiger partial charge in [-0.1, -0.05) is 64.2 Å². The van der Waals surface area contributed by atoms with Crippen LogP contribution in [0.15, 0.2) is 38.4 Å². The van der Waals surface area contributed by atoms with Gasteiger partial charge in [0.1, 0.15) is 5.82 Å². The summed E-state index contributed by atoms with van der Waals surface area (Å²) in [6.45, 7) is 2.03. The summed E-state index contributed by atoms with van der Waals surface area (Å²) in [7, 11) is 0. The molecule has 0 aliphatic heterocycles. The normalized spacial score (nSPS) is 15.5. The molecule has 2 heterocycles. The van der Waals surface area contributed by atoms with Crippen molar-refractivity contribution < 1.29 is 4.52 Å². The zero-order valence-electron chi connectivity index (χ0n) is 14.6. The van der Waals surface area contributed by atoms with Crippen molar-refractivity contribution in [3.63, 3.8) is 0 Å². The van der Waals surface area contributed by atoms with Gasteiger partial charge in [-0.2, -0.15) is 4.98 Å². The third-order valence-corrected chi connectivity index (χ3v) is 6.07. The van der Waals surface area contributed by atoms with Crippen molar-refractivity contribution in [2.24, 2.45) is 0 Å². The van der Waals surface area contributed by atoms with Gasteiger partial charge in [0.15, 0.2) is 5.16 Å². The number of nitrogens with zero attached hydrogens (tertiary/aromatic N) is 5. The van der Waals surface area contributed by atoms with Crippen molar-refractivity contribution in [3.8, 4) is 11.4 Å². The number of halogens is 1.